The van der Waals surface area contributed by atoms with Crippen LogP contribution < -0.4 is 0 Å². The normalized spacial score (nSPS) is 29.9. The first kappa shape index (κ1) is 24.1. The number of esters is 4. The molecule has 1 rings (SSSR count). The molecule has 0 aromatic carbocycles. The fourth-order valence-electron chi connectivity index (χ4n) is 2.85. The van der Waals surface area contributed by atoms with Crippen molar-refractivity contribution in [1.82, 2.24) is 0 Å². The van der Waals surface area contributed by atoms with E-state index in [0.29, 0.717) is 0 Å². The Morgan fingerprint density at radius 3 is 1.96 bits per heavy atom. The molecule has 0 aromatic heterocycles. The first-order valence-electron chi connectivity index (χ1n) is 7.98. The van der Waals surface area contributed by atoms with Gasteiger partial charge in [0.25, 0.3) is 0 Å². The third kappa shape index (κ3) is 5.75. The number of carbonyl (C=O) groups excluding carboxylic acids is 4. The van der Waals surface area contributed by atoms with Gasteiger partial charge in [-0.15, -0.1) is 0 Å². The van der Waals surface area contributed by atoms with Gasteiger partial charge in [-0.3, -0.25) is 0 Å². The fourth-order valence-corrected chi connectivity index (χ4v) is 10.7. The second-order valence-electron chi connectivity index (χ2n) is 5.73. The van der Waals surface area contributed by atoms with Crippen molar-refractivity contribution in [3.8, 4) is 0 Å². The van der Waals surface area contributed by atoms with Crippen LogP contribution in [-0.4, -0.2) is 68.8 Å². The van der Waals surface area contributed by atoms with Crippen LogP contribution >= 0.6 is 8.25 Å². The van der Waals surface area contributed by atoms with Crippen molar-refractivity contribution in [2.24, 2.45) is 0 Å². The Morgan fingerprint density at radius 2 is 1.56 bits per heavy atom. The average molecular weight is 597 g/mol. The summed E-state index contributed by atoms with van der Waals surface area (Å²) in [6, 6.07) is 0. The van der Waals surface area contributed by atoms with Gasteiger partial charge in [0.15, 0.2) is 0 Å². The molecule has 0 N–H and O–H groups in total. The summed E-state index contributed by atoms with van der Waals surface area (Å²) >= 11 is -2.50. The van der Waals surface area contributed by atoms with Crippen LogP contribution in [0, 0.1) is 0 Å². The molecule has 0 amide bonds. The Morgan fingerprint density at radius 1 is 1.00 bits per heavy atom. The van der Waals surface area contributed by atoms with Gasteiger partial charge in [0.1, 0.15) is 0 Å². The quantitative estimate of drug-likeness (QED) is 0.231. The van der Waals surface area contributed by atoms with Gasteiger partial charge in [-0.25, -0.2) is 0 Å². The summed E-state index contributed by atoms with van der Waals surface area (Å²) in [5, 5.41) is 0. The molecule has 0 aliphatic carbocycles. The molecule has 12 heteroatoms. The zero-order valence-corrected chi connectivity index (χ0v) is 21.9. The predicted octanol–water partition coefficient (Wildman–Crippen LogP) is 0.352. The number of halogens is 1. The number of hydrogen-bond donors (Lipinski definition) is 0. The molecule has 1 heterocycles. The number of ether oxygens (including phenoxy) is 6. The molecule has 0 unspecified atom stereocenters. The molecule has 0 saturated carbocycles. The van der Waals surface area contributed by atoms with Gasteiger partial charge in [0.05, 0.1) is 0 Å². The van der Waals surface area contributed by atoms with Crippen LogP contribution in [0.2, 0.25) is 3.43 Å². The van der Waals surface area contributed by atoms with E-state index < -0.39 is 74.7 Å². The molecule has 1 aliphatic rings. The van der Waals surface area contributed by atoms with Gasteiger partial charge in [0, 0.05) is 0 Å². The molecule has 1 saturated heterocycles. The molecule has 1 fully saturated rings. The molecule has 150 valence electrons. The molecule has 0 spiro atoms. The van der Waals surface area contributed by atoms with Crippen LogP contribution in [0.4, 0.5) is 0 Å². The van der Waals surface area contributed by atoms with E-state index in [9.17, 15) is 19.2 Å². The topological polar surface area (TPSA) is 124 Å². The van der Waals surface area contributed by atoms with E-state index >= 15 is 0 Å². The molecule has 27 heavy (non-hydrogen) atoms. The summed E-state index contributed by atoms with van der Waals surface area (Å²) in [6.07, 6.45) is -3.43. The van der Waals surface area contributed by atoms with E-state index in [2.05, 4.69) is 0 Å². The second-order valence-corrected chi connectivity index (χ2v) is 13.1. The Kier molecular flexibility index (Phi) is 9.39. The van der Waals surface area contributed by atoms with Crippen LogP contribution in [-0.2, 0) is 70.9 Å². The van der Waals surface area contributed by atoms with Crippen LogP contribution in [0.15, 0.2) is 0 Å². The van der Waals surface area contributed by atoms with E-state index in [0.717, 1.165) is 21.0 Å². The standard InChI is InChI=1S/C15H21O10.ClH.Hg/c1-8(16)22-7-12-13(24-10(3)18)11(23-9(2)17)6-15(21-5,25-12)14(19)20-4;;/h6,11-13H,7H2,1-5H3;1H;/q;;+1/p-1/t11-,12-,13+,15+;;/m1../s1. The molecule has 1 aliphatic heterocycles. The number of carbonyl (C=O) groups is 4. The van der Waals surface area contributed by atoms with Gasteiger partial charge in [-0.1, -0.05) is 0 Å². The first-order valence-corrected chi connectivity index (χ1v) is 17.9. The summed E-state index contributed by atoms with van der Waals surface area (Å²) in [5.74, 6) is -4.84. The van der Waals surface area contributed by atoms with Crippen LogP contribution in [0.25, 0.3) is 0 Å². The van der Waals surface area contributed by atoms with Crippen molar-refractivity contribution in [3.05, 3.63) is 0 Å². The molecule has 5 atom stereocenters. The zero-order chi connectivity index (χ0) is 20.8. The predicted molar refractivity (Wildman–Crippen MR) is 84.0 cm³/mol. The molecular formula is C15H21ClHgO10. The summed E-state index contributed by atoms with van der Waals surface area (Å²) in [7, 11) is 8.58. The van der Waals surface area contributed by atoms with Crippen molar-refractivity contribution < 1.29 is 70.9 Å². The van der Waals surface area contributed by atoms with Crippen molar-refractivity contribution in [3.63, 3.8) is 0 Å². The molecule has 10 nitrogen and oxygen atoms in total. The molecule has 0 radical (unpaired) electrons. The summed E-state index contributed by atoms with van der Waals surface area (Å²) < 4.78 is 30.6. The number of hydrogen-bond acceptors (Lipinski definition) is 10. The van der Waals surface area contributed by atoms with Crippen molar-refractivity contribution >= 4 is 32.1 Å². The second kappa shape index (κ2) is 10.5. The third-order valence-corrected chi connectivity index (χ3v) is 12.0. The first-order chi connectivity index (χ1) is 12.6. The van der Waals surface area contributed by atoms with Crippen LogP contribution in [0.3, 0.4) is 0 Å². The Labute approximate surface area is 171 Å². The Bertz CT molecular complexity index is 585. The maximum absolute atomic E-state index is 12.5. The third-order valence-electron chi connectivity index (χ3n) is 3.90. The number of methoxy groups -OCH3 is 2. The van der Waals surface area contributed by atoms with Crippen LogP contribution in [0.1, 0.15) is 20.8 Å². The van der Waals surface area contributed by atoms with E-state index in [1.165, 1.54) is 14.0 Å². The summed E-state index contributed by atoms with van der Waals surface area (Å²) in [5.41, 5.74) is 0. The minimum absolute atomic E-state index is 0.376. The summed E-state index contributed by atoms with van der Waals surface area (Å²) in [6.45, 7) is 3.12. The van der Waals surface area contributed by atoms with Crippen molar-refractivity contribution in [1.29, 1.82) is 0 Å². The van der Waals surface area contributed by atoms with E-state index in [4.69, 9.17) is 36.7 Å². The van der Waals surface area contributed by atoms with Crippen LogP contribution in [0.5, 0.6) is 0 Å². The van der Waals surface area contributed by atoms with Crippen molar-refractivity contribution in [2.45, 2.75) is 48.3 Å². The Balaban J connectivity index is 3.45. The number of rotatable bonds is 7. The van der Waals surface area contributed by atoms with Crippen molar-refractivity contribution in [2.75, 3.05) is 20.8 Å². The summed E-state index contributed by atoms with van der Waals surface area (Å²) in [4.78, 5) is 46.9. The van der Waals surface area contributed by atoms with Gasteiger partial charge in [-0.2, -0.15) is 0 Å². The molecular weight excluding hydrogens is 576 g/mol. The monoisotopic (exact) mass is 598 g/mol. The average Bonchev–Trinajstić information content (AvgIpc) is 2.59. The van der Waals surface area contributed by atoms with Gasteiger partial charge >= 0.3 is 172 Å². The molecule has 0 bridgehead atoms. The minimum atomic E-state index is -2.50. The van der Waals surface area contributed by atoms with Gasteiger partial charge in [-0.05, 0) is 0 Å². The SMILES string of the molecule is COC(=O)[C@@]1(OC)O[C@H](COC(C)=O)[C@@H](OC(C)=O)[C@H](OC(C)=O)[C@H]1[Hg][Cl]. The maximum atomic E-state index is 12.5. The zero-order valence-electron chi connectivity index (χ0n) is 15.7. The van der Waals surface area contributed by atoms with Gasteiger partial charge in [0.2, 0.25) is 0 Å². The fraction of sp³-hybridized carbons (Fsp3) is 0.733. The van der Waals surface area contributed by atoms with E-state index in [1.54, 1.807) is 0 Å². The molecule has 0 aromatic rings. The van der Waals surface area contributed by atoms with E-state index in [-0.39, 0.29) is 6.61 Å². The van der Waals surface area contributed by atoms with Gasteiger partial charge < -0.3 is 0 Å². The Hall–Kier alpha value is -0.975. The van der Waals surface area contributed by atoms with E-state index in [1.807, 2.05) is 0 Å².